The molecule has 0 unspecified atom stereocenters. The molecule has 0 bridgehead atoms. The molecule has 2 aromatic heterocycles. The van der Waals surface area contributed by atoms with Crippen molar-refractivity contribution >= 4 is 46.4 Å². The number of methoxy groups -OCH3 is 1. The molecular formula is C18H12Cl2F3N3O3. The Labute approximate surface area is 172 Å². The number of hydrogen-bond acceptors (Lipinski definition) is 4. The fraction of sp³-hybridized carbons (Fsp3) is 0.167. The molecule has 3 aromatic rings. The van der Waals surface area contributed by atoms with Crippen LogP contribution in [0.4, 0.5) is 18.9 Å². The summed E-state index contributed by atoms with van der Waals surface area (Å²) in [7, 11) is 1.07. The summed E-state index contributed by atoms with van der Waals surface area (Å²) in [6, 6.07) is 7.22. The monoisotopic (exact) mass is 445 g/mol. The highest BCUT2D eigenvalue weighted by molar-refractivity contribution is 6.40. The third kappa shape index (κ3) is 4.15. The third-order valence-corrected chi connectivity index (χ3v) is 4.62. The Morgan fingerprint density at radius 1 is 1.17 bits per heavy atom. The number of esters is 1. The van der Waals surface area contributed by atoms with E-state index < -0.39 is 35.9 Å². The fourth-order valence-electron chi connectivity index (χ4n) is 2.72. The maximum Gasteiger partial charge on any atom is 0.435 e. The number of pyridine rings is 1. The summed E-state index contributed by atoms with van der Waals surface area (Å²) in [6.45, 7) is 0. The van der Waals surface area contributed by atoms with Crippen LogP contribution >= 0.6 is 23.2 Å². The zero-order valence-corrected chi connectivity index (χ0v) is 16.2. The van der Waals surface area contributed by atoms with Crippen LogP contribution in [0, 0.1) is 0 Å². The summed E-state index contributed by atoms with van der Waals surface area (Å²) in [5, 5.41) is 2.62. The van der Waals surface area contributed by atoms with E-state index in [-0.39, 0.29) is 26.9 Å². The van der Waals surface area contributed by atoms with E-state index in [1.54, 1.807) is 6.07 Å². The van der Waals surface area contributed by atoms with Crippen molar-refractivity contribution in [2.24, 2.45) is 0 Å². The number of halogens is 5. The van der Waals surface area contributed by atoms with Crippen LogP contribution in [0.5, 0.6) is 0 Å². The quantitative estimate of drug-likeness (QED) is 0.594. The number of carbonyl (C=O) groups is 2. The summed E-state index contributed by atoms with van der Waals surface area (Å²) >= 11 is 12.0. The molecule has 2 heterocycles. The van der Waals surface area contributed by atoms with Gasteiger partial charge in [0.1, 0.15) is 0 Å². The minimum absolute atomic E-state index is 0.0184. The zero-order chi connectivity index (χ0) is 21.3. The highest BCUT2D eigenvalue weighted by atomic mass is 35.5. The van der Waals surface area contributed by atoms with Gasteiger partial charge in [-0.1, -0.05) is 29.3 Å². The van der Waals surface area contributed by atoms with Crippen molar-refractivity contribution in [2.75, 3.05) is 12.4 Å². The predicted molar refractivity (Wildman–Crippen MR) is 100 cm³/mol. The van der Waals surface area contributed by atoms with Crippen molar-refractivity contribution in [3.05, 3.63) is 63.5 Å². The van der Waals surface area contributed by atoms with Gasteiger partial charge in [0.15, 0.2) is 11.3 Å². The lowest BCUT2D eigenvalue weighted by Gasteiger charge is -2.10. The van der Waals surface area contributed by atoms with Gasteiger partial charge in [0.2, 0.25) is 0 Å². The molecule has 11 heteroatoms. The minimum atomic E-state index is -4.82. The number of hydrogen-bond donors (Lipinski definition) is 1. The number of amides is 1. The first-order chi connectivity index (χ1) is 13.6. The highest BCUT2D eigenvalue weighted by Crippen LogP contribution is 2.34. The molecule has 0 saturated carbocycles. The Morgan fingerprint density at radius 2 is 1.83 bits per heavy atom. The van der Waals surface area contributed by atoms with Crippen LogP contribution in [-0.4, -0.2) is 28.4 Å². The standard InChI is InChI=1S/C18H12Cl2F3N3O3/c1-29-13(27)8-12-15(18(21,22)23)25-16-11(6-3-7-26(12)16)24-17(28)14-9(19)4-2-5-10(14)20/h2-7H,8H2,1H3,(H,24,28). The topological polar surface area (TPSA) is 72.7 Å². The van der Waals surface area contributed by atoms with Gasteiger partial charge in [0, 0.05) is 6.20 Å². The molecular weight excluding hydrogens is 434 g/mol. The van der Waals surface area contributed by atoms with E-state index in [1.807, 2.05) is 0 Å². The number of carbonyl (C=O) groups excluding carboxylic acids is 2. The number of nitrogens with one attached hydrogen (secondary N) is 1. The Balaban J connectivity index is 2.10. The second-order valence-corrected chi connectivity index (χ2v) is 6.64. The van der Waals surface area contributed by atoms with Crippen molar-refractivity contribution in [3.63, 3.8) is 0 Å². The van der Waals surface area contributed by atoms with Gasteiger partial charge in [-0.25, -0.2) is 4.98 Å². The lowest BCUT2D eigenvalue weighted by molar-refractivity contribution is -0.143. The SMILES string of the molecule is COC(=O)Cc1c(C(F)(F)F)nc2c(NC(=O)c3c(Cl)cccc3Cl)cccn12. The maximum atomic E-state index is 13.5. The van der Waals surface area contributed by atoms with E-state index in [9.17, 15) is 22.8 Å². The van der Waals surface area contributed by atoms with Gasteiger partial charge < -0.3 is 14.5 Å². The largest absolute Gasteiger partial charge is 0.469 e. The summed E-state index contributed by atoms with van der Waals surface area (Å²) in [5.74, 6) is -1.59. The summed E-state index contributed by atoms with van der Waals surface area (Å²) in [5.41, 5.74) is -1.91. The van der Waals surface area contributed by atoms with Crippen LogP contribution in [0.25, 0.3) is 5.65 Å². The lowest BCUT2D eigenvalue weighted by Crippen LogP contribution is -2.14. The average Bonchev–Trinajstić information content (AvgIpc) is 3.01. The smallest absolute Gasteiger partial charge is 0.435 e. The van der Waals surface area contributed by atoms with E-state index in [1.165, 1.54) is 30.5 Å². The normalized spacial score (nSPS) is 11.5. The van der Waals surface area contributed by atoms with E-state index in [0.29, 0.717) is 0 Å². The molecule has 0 saturated heterocycles. The van der Waals surface area contributed by atoms with Crippen LogP contribution in [-0.2, 0) is 22.1 Å². The van der Waals surface area contributed by atoms with E-state index in [2.05, 4.69) is 15.0 Å². The maximum absolute atomic E-state index is 13.5. The molecule has 152 valence electrons. The molecule has 3 rings (SSSR count). The molecule has 0 radical (unpaired) electrons. The number of ether oxygens (including phenoxy) is 1. The Hall–Kier alpha value is -2.78. The first-order valence-corrected chi connectivity index (χ1v) is 8.78. The zero-order valence-electron chi connectivity index (χ0n) is 14.7. The Kier molecular flexibility index (Phi) is 5.72. The summed E-state index contributed by atoms with van der Waals surface area (Å²) < 4.78 is 45.9. The molecule has 0 fully saturated rings. The van der Waals surface area contributed by atoms with Gasteiger partial charge >= 0.3 is 12.1 Å². The number of rotatable bonds is 4. The number of nitrogens with zero attached hydrogens (tertiary/aromatic N) is 2. The van der Waals surface area contributed by atoms with Crippen LogP contribution < -0.4 is 5.32 Å². The van der Waals surface area contributed by atoms with Crippen molar-refractivity contribution in [1.29, 1.82) is 0 Å². The van der Waals surface area contributed by atoms with Crippen molar-refractivity contribution in [1.82, 2.24) is 9.38 Å². The van der Waals surface area contributed by atoms with Crippen LogP contribution in [0.2, 0.25) is 10.0 Å². The molecule has 1 amide bonds. The molecule has 0 aliphatic heterocycles. The second kappa shape index (κ2) is 7.92. The van der Waals surface area contributed by atoms with Crippen LogP contribution in [0.3, 0.4) is 0 Å². The second-order valence-electron chi connectivity index (χ2n) is 5.82. The number of benzene rings is 1. The van der Waals surface area contributed by atoms with Crippen LogP contribution in [0.15, 0.2) is 36.5 Å². The number of imidazole rings is 1. The molecule has 0 aliphatic carbocycles. The average molecular weight is 446 g/mol. The van der Waals surface area contributed by atoms with Gasteiger partial charge in [-0.2, -0.15) is 13.2 Å². The molecule has 29 heavy (non-hydrogen) atoms. The number of anilines is 1. The Morgan fingerprint density at radius 3 is 2.41 bits per heavy atom. The van der Waals surface area contributed by atoms with Gasteiger partial charge in [-0.05, 0) is 24.3 Å². The molecule has 1 N–H and O–H groups in total. The minimum Gasteiger partial charge on any atom is -0.469 e. The van der Waals surface area contributed by atoms with Crippen LogP contribution in [0.1, 0.15) is 21.7 Å². The fourth-order valence-corrected chi connectivity index (χ4v) is 3.29. The van der Waals surface area contributed by atoms with E-state index >= 15 is 0 Å². The van der Waals surface area contributed by atoms with Gasteiger partial charge in [0.25, 0.3) is 5.91 Å². The van der Waals surface area contributed by atoms with Gasteiger partial charge in [-0.15, -0.1) is 0 Å². The highest BCUT2D eigenvalue weighted by Gasteiger charge is 2.39. The first kappa shape index (κ1) is 20.9. The molecule has 1 aromatic carbocycles. The molecule has 0 aliphatic rings. The third-order valence-electron chi connectivity index (χ3n) is 3.99. The summed E-state index contributed by atoms with van der Waals surface area (Å²) in [6.07, 6.45) is -4.17. The molecule has 0 spiro atoms. The Bertz CT molecular complexity index is 1090. The predicted octanol–water partition coefficient (Wildman–Crippen LogP) is 4.63. The summed E-state index contributed by atoms with van der Waals surface area (Å²) in [4.78, 5) is 27.8. The van der Waals surface area contributed by atoms with E-state index in [4.69, 9.17) is 23.2 Å². The number of aromatic nitrogens is 2. The van der Waals surface area contributed by atoms with E-state index in [0.717, 1.165) is 11.5 Å². The molecule has 0 atom stereocenters. The lowest BCUT2D eigenvalue weighted by atomic mass is 10.2. The van der Waals surface area contributed by atoms with Crippen molar-refractivity contribution in [3.8, 4) is 0 Å². The number of fused-ring (bicyclic) bond motifs is 1. The van der Waals surface area contributed by atoms with Gasteiger partial charge in [0.05, 0.1) is 40.5 Å². The first-order valence-electron chi connectivity index (χ1n) is 8.02. The molecule has 6 nitrogen and oxygen atoms in total. The van der Waals surface area contributed by atoms with Crippen molar-refractivity contribution < 1.29 is 27.5 Å². The van der Waals surface area contributed by atoms with Crippen molar-refractivity contribution in [2.45, 2.75) is 12.6 Å². The van der Waals surface area contributed by atoms with Gasteiger partial charge in [-0.3, -0.25) is 9.59 Å². The number of alkyl halides is 3.